The summed E-state index contributed by atoms with van der Waals surface area (Å²) < 4.78 is 1.09. The van der Waals surface area contributed by atoms with E-state index in [-0.39, 0.29) is 12.5 Å². The van der Waals surface area contributed by atoms with Crippen molar-refractivity contribution in [2.45, 2.75) is 0 Å². The van der Waals surface area contributed by atoms with Crippen LogP contribution in [0, 0.1) is 0 Å². The van der Waals surface area contributed by atoms with Crippen LogP contribution in [0.3, 0.4) is 0 Å². The summed E-state index contributed by atoms with van der Waals surface area (Å²) in [6.45, 7) is 0.167. The third kappa shape index (κ3) is 2.23. The molecule has 1 aromatic carbocycles. The Morgan fingerprint density at radius 2 is 2.40 bits per heavy atom. The number of fused-ring (bicyclic) bond motifs is 1. The molecule has 0 unspecified atom stereocenters. The predicted octanol–water partition coefficient (Wildman–Crippen LogP) is 0.698. The number of amides is 1. The minimum atomic E-state index is -0.251. The summed E-state index contributed by atoms with van der Waals surface area (Å²) >= 11 is 1.57. The van der Waals surface area contributed by atoms with Crippen LogP contribution in [0.2, 0.25) is 0 Å². The first-order valence-corrected chi connectivity index (χ1v) is 5.24. The van der Waals surface area contributed by atoms with Crippen LogP contribution in [0.5, 0.6) is 0 Å². The van der Waals surface area contributed by atoms with Gasteiger partial charge in [0.25, 0.3) is 5.91 Å². The molecule has 6 heteroatoms. The van der Waals surface area contributed by atoms with Gasteiger partial charge in [0.2, 0.25) is 0 Å². The van der Waals surface area contributed by atoms with Crippen LogP contribution in [-0.4, -0.2) is 17.4 Å². The van der Waals surface area contributed by atoms with Gasteiger partial charge in [-0.1, -0.05) is 0 Å². The van der Waals surface area contributed by atoms with Gasteiger partial charge < -0.3 is 5.32 Å². The second-order valence-electron chi connectivity index (χ2n) is 2.96. The van der Waals surface area contributed by atoms with Gasteiger partial charge in [-0.3, -0.25) is 10.2 Å². The number of aromatic nitrogens is 1. The van der Waals surface area contributed by atoms with Crippen molar-refractivity contribution >= 4 is 33.1 Å². The van der Waals surface area contributed by atoms with Crippen LogP contribution >= 0.6 is 11.3 Å². The van der Waals surface area contributed by atoms with Crippen LogP contribution in [0.25, 0.3) is 10.2 Å². The molecule has 1 amide bonds. The van der Waals surface area contributed by atoms with Crippen molar-refractivity contribution in [1.82, 2.24) is 10.4 Å². The van der Waals surface area contributed by atoms with Gasteiger partial charge in [-0.15, -0.1) is 11.3 Å². The minimum absolute atomic E-state index is 0.167. The summed E-state index contributed by atoms with van der Waals surface area (Å²) in [5, 5.41) is 2.96. The molecule has 0 aliphatic heterocycles. The van der Waals surface area contributed by atoms with Gasteiger partial charge in [-0.05, 0) is 18.2 Å². The van der Waals surface area contributed by atoms with E-state index < -0.39 is 0 Å². The van der Waals surface area contributed by atoms with Gasteiger partial charge in [0.1, 0.15) is 0 Å². The SMILES string of the molecule is NNC(=O)CNc1ccc2ncsc2c1. The number of nitrogens with one attached hydrogen (secondary N) is 2. The highest BCUT2D eigenvalue weighted by atomic mass is 32.1. The van der Waals surface area contributed by atoms with Crippen molar-refractivity contribution in [3.05, 3.63) is 23.7 Å². The fraction of sp³-hybridized carbons (Fsp3) is 0.111. The van der Waals surface area contributed by atoms with Gasteiger partial charge >= 0.3 is 0 Å². The molecule has 0 spiro atoms. The molecule has 0 radical (unpaired) electrons. The highest BCUT2D eigenvalue weighted by molar-refractivity contribution is 7.16. The van der Waals surface area contributed by atoms with Crippen LogP contribution in [0.1, 0.15) is 0 Å². The normalized spacial score (nSPS) is 10.2. The fourth-order valence-corrected chi connectivity index (χ4v) is 1.91. The Morgan fingerprint density at radius 1 is 1.53 bits per heavy atom. The van der Waals surface area contributed by atoms with Crippen molar-refractivity contribution in [3.63, 3.8) is 0 Å². The average molecular weight is 222 g/mol. The zero-order chi connectivity index (χ0) is 10.7. The third-order valence-corrected chi connectivity index (χ3v) is 2.74. The van der Waals surface area contributed by atoms with Crippen molar-refractivity contribution in [3.8, 4) is 0 Å². The first kappa shape index (κ1) is 9.88. The molecule has 5 nitrogen and oxygen atoms in total. The maximum absolute atomic E-state index is 10.9. The van der Waals surface area contributed by atoms with Crippen molar-refractivity contribution < 1.29 is 4.79 Å². The molecule has 2 rings (SSSR count). The summed E-state index contributed by atoms with van der Waals surface area (Å²) in [5.41, 5.74) is 5.70. The van der Waals surface area contributed by atoms with Gasteiger partial charge in [0.05, 0.1) is 22.3 Å². The molecule has 0 aliphatic rings. The Balaban J connectivity index is 2.11. The van der Waals surface area contributed by atoms with Crippen LogP contribution in [-0.2, 0) is 4.79 Å². The van der Waals surface area contributed by atoms with E-state index >= 15 is 0 Å². The number of hydrazine groups is 1. The summed E-state index contributed by atoms with van der Waals surface area (Å²) in [6, 6.07) is 5.75. The summed E-state index contributed by atoms with van der Waals surface area (Å²) in [5.74, 6) is 4.71. The quantitative estimate of drug-likeness (QED) is 0.405. The maximum Gasteiger partial charge on any atom is 0.253 e. The first-order chi connectivity index (χ1) is 7.29. The second-order valence-corrected chi connectivity index (χ2v) is 3.84. The van der Waals surface area contributed by atoms with E-state index in [0.29, 0.717) is 0 Å². The number of nitrogens with zero attached hydrogens (tertiary/aromatic N) is 1. The molecule has 0 saturated heterocycles. The lowest BCUT2D eigenvalue weighted by atomic mass is 10.3. The van der Waals surface area contributed by atoms with E-state index in [1.54, 1.807) is 16.8 Å². The monoisotopic (exact) mass is 222 g/mol. The molecule has 15 heavy (non-hydrogen) atoms. The molecular weight excluding hydrogens is 212 g/mol. The fourth-order valence-electron chi connectivity index (χ4n) is 1.20. The molecule has 0 bridgehead atoms. The summed E-state index contributed by atoms with van der Waals surface area (Å²) in [7, 11) is 0. The standard InChI is InChI=1S/C9H10N4OS/c10-13-9(14)4-11-6-1-2-7-8(3-6)15-5-12-7/h1-3,5,11H,4,10H2,(H,13,14). The highest BCUT2D eigenvalue weighted by Gasteiger charge is 2.00. The van der Waals surface area contributed by atoms with Gasteiger partial charge in [0.15, 0.2) is 0 Å². The Labute approximate surface area is 90.3 Å². The topological polar surface area (TPSA) is 80.0 Å². The van der Waals surface area contributed by atoms with Crippen molar-refractivity contribution in [1.29, 1.82) is 0 Å². The third-order valence-electron chi connectivity index (χ3n) is 1.95. The molecule has 1 heterocycles. The molecule has 2 aromatic rings. The Hall–Kier alpha value is -1.66. The van der Waals surface area contributed by atoms with Gasteiger partial charge in [0, 0.05) is 5.69 Å². The first-order valence-electron chi connectivity index (χ1n) is 4.36. The molecule has 0 saturated carbocycles. The molecule has 0 atom stereocenters. The largest absolute Gasteiger partial charge is 0.376 e. The number of carbonyl (C=O) groups excluding carboxylic acids is 1. The number of thiazole rings is 1. The Morgan fingerprint density at radius 3 is 3.20 bits per heavy atom. The average Bonchev–Trinajstić information content (AvgIpc) is 2.72. The maximum atomic E-state index is 10.9. The number of carbonyl (C=O) groups is 1. The minimum Gasteiger partial charge on any atom is -0.376 e. The lowest BCUT2D eigenvalue weighted by Crippen LogP contribution is -2.35. The number of nitrogens with two attached hydrogens (primary N) is 1. The lowest BCUT2D eigenvalue weighted by molar-refractivity contribution is -0.119. The van der Waals surface area contributed by atoms with E-state index in [0.717, 1.165) is 15.9 Å². The summed E-state index contributed by atoms with van der Waals surface area (Å²) in [6.07, 6.45) is 0. The van der Waals surface area contributed by atoms with E-state index in [2.05, 4.69) is 15.7 Å². The lowest BCUT2D eigenvalue weighted by Gasteiger charge is -2.04. The van der Waals surface area contributed by atoms with Gasteiger partial charge in [-0.2, -0.15) is 0 Å². The molecule has 4 N–H and O–H groups in total. The number of hydrogen-bond donors (Lipinski definition) is 3. The molecule has 78 valence electrons. The van der Waals surface area contributed by atoms with Gasteiger partial charge in [-0.25, -0.2) is 10.8 Å². The summed E-state index contributed by atoms with van der Waals surface area (Å²) in [4.78, 5) is 15.1. The predicted molar refractivity (Wildman–Crippen MR) is 60.4 cm³/mol. The van der Waals surface area contributed by atoms with Crippen LogP contribution in [0.4, 0.5) is 5.69 Å². The van der Waals surface area contributed by atoms with Crippen LogP contribution in [0.15, 0.2) is 23.7 Å². The number of anilines is 1. The van der Waals surface area contributed by atoms with Crippen molar-refractivity contribution in [2.24, 2.45) is 5.84 Å². The van der Waals surface area contributed by atoms with Crippen molar-refractivity contribution in [2.75, 3.05) is 11.9 Å². The molecular formula is C9H10N4OS. The molecule has 0 fully saturated rings. The molecule has 1 aromatic heterocycles. The van der Waals surface area contributed by atoms with E-state index in [1.807, 2.05) is 18.2 Å². The smallest absolute Gasteiger partial charge is 0.253 e. The number of rotatable bonds is 3. The number of hydrogen-bond acceptors (Lipinski definition) is 5. The second kappa shape index (κ2) is 4.24. The Bertz CT molecular complexity index is 482. The van der Waals surface area contributed by atoms with E-state index in [9.17, 15) is 4.79 Å². The van der Waals surface area contributed by atoms with Crippen LogP contribution < -0.4 is 16.6 Å². The number of benzene rings is 1. The van der Waals surface area contributed by atoms with E-state index in [4.69, 9.17) is 5.84 Å². The zero-order valence-corrected chi connectivity index (χ0v) is 8.67. The highest BCUT2D eigenvalue weighted by Crippen LogP contribution is 2.21. The zero-order valence-electron chi connectivity index (χ0n) is 7.86. The Kier molecular flexibility index (Phi) is 2.79. The van der Waals surface area contributed by atoms with E-state index in [1.165, 1.54) is 0 Å². The molecule has 0 aliphatic carbocycles.